The summed E-state index contributed by atoms with van der Waals surface area (Å²) in [5.74, 6) is 10.3. The van der Waals surface area contributed by atoms with Crippen LogP contribution in [0, 0.1) is 104 Å². The molecule has 8 aliphatic carbocycles. The molecule has 660 valence electrons. The normalized spacial score (nSPS) is 30.4. The average molecular weight is 1630 g/mol. The van der Waals surface area contributed by atoms with Gasteiger partial charge in [0.1, 0.15) is 19.5 Å². The van der Waals surface area contributed by atoms with Crippen LogP contribution in [0.3, 0.4) is 0 Å². The third-order valence-electron chi connectivity index (χ3n) is 29.3. The Morgan fingerprint density at radius 1 is 0.544 bits per heavy atom. The van der Waals surface area contributed by atoms with Gasteiger partial charge in [0.05, 0.1) is 118 Å². The third kappa shape index (κ3) is 29.8. The van der Waals surface area contributed by atoms with E-state index in [1.807, 2.05) is 11.7 Å². The van der Waals surface area contributed by atoms with Gasteiger partial charge in [-0.05, 0) is 214 Å². The molecule has 18 atom stereocenters. The highest BCUT2D eigenvalue weighted by Gasteiger charge is 2.61. The molecule has 21 heteroatoms. The second-order valence-electron chi connectivity index (χ2n) is 39.1. The Morgan fingerprint density at radius 2 is 1.01 bits per heavy atom. The zero-order valence-electron chi connectivity index (χ0n) is 75.1. The Morgan fingerprint density at radius 3 is 1.50 bits per heavy atom. The maximum atomic E-state index is 12.7. The Balaban J connectivity index is 0.000000287. The molecular weight excluding hydrogens is 1460 g/mol. The summed E-state index contributed by atoms with van der Waals surface area (Å²) in [5, 5.41) is 7.89. The van der Waals surface area contributed by atoms with E-state index >= 15 is 0 Å². The number of alkyl carbamates (subject to hydrolysis) is 2. The van der Waals surface area contributed by atoms with Crippen LogP contribution in [-0.4, -0.2) is 195 Å². The molecular formula is C93H168N5O15P. The summed E-state index contributed by atoms with van der Waals surface area (Å²) >= 11 is 0. The van der Waals surface area contributed by atoms with E-state index in [1.165, 1.54) is 103 Å². The Bertz CT molecular complexity index is 2920. The highest BCUT2D eigenvalue weighted by molar-refractivity contribution is 7.63. The number of hydrazine groups is 2. The van der Waals surface area contributed by atoms with Gasteiger partial charge in [0, 0.05) is 71.6 Å². The lowest BCUT2D eigenvalue weighted by Crippen LogP contribution is -2.51. The van der Waals surface area contributed by atoms with E-state index < -0.39 is 7.34 Å². The highest BCUT2D eigenvalue weighted by Crippen LogP contribution is 2.69. The molecule has 9 aliphatic rings. The van der Waals surface area contributed by atoms with E-state index in [9.17, 15) is 9.59 Å². The lowest BCUT2D eigenvalue weighted by molar-refractivity contribution is -0.0581. The minimum absolute atomic E-state index is 0.0241. The second-order valence-corrected chi connectivity index (χ2v) is 41.7. The van der Waals surface area contributed by atoms with Crippen LogP contribution in [-0.2, 0) is 61.2 Å². The molecule has 1 aliphatic heterocycles. The van der Waals surface area contributed by atoms with Crippen LogP contribution in [0.5, 0.6) is 0 Å². The van der Waals surface area contributed by atoms with Gasteiger partial charge < -0.3 is 77.2 Å². The van der Waals surface area contributed by atoms with Crippen LogP contribution >= 0.6 is 7.34 Å². The molecule has 0 aromatic heterocycles. The summed E-state index contributed by atoms with van der Waals surface area (Å²) in [7, 11) is -0.323. The number of carbonyl (C=O) groups excluding carboxylic acids is 2. The molecule has 1 heterocycles. The van der Waals surface area contributed by atoms with E-state index in [1.54, 1.807) is 18.3 Å². The Labute approximate surface area is 693 Å². The molecule has 0 bridgehead atoms. The fourth-order valence-electron chi connectivity index (χ4n) is 22.2. The zero-order valence-corrected chi connectivity index (χ0v) is 76.0. The maximum Gasteiger partial charge on any atom is 0.407 e. The van der Waals surface area contributed by atoms with Crippen molar-refractivity contribution in [2.24, 2.45) is 104 Å². The van der Waals surface area contributed by atoms with Crippen LogP contribution in [0.1, 0.15) is 264 Å². The molecule has 6 fully saturated rings. The highest BCUT2D eigenvalue weighted by atomic mass is 31.2. The summed E-state index contributed by atoms with van der Waals surface area (Å²) < 4.78 is 73.9. The first kappa shape index (κ1) is 96.6. The first-order chi connectivity index (χ1) is 54.6. The number of hydrogen-bond donors (Lipinski definition) is 4. The van der Waals surface area contributed by atoms with Crippen molar-refractivity contribution in [2.75, 3.05) is 159 Å². The second kappa shape index (κ2) is 48.7. The molecule has 2 amide bonds. The molecule has 20 nitrogen and oxygen atoms in total. The number of unbranched alkanes of at least 4 members (excludes halogenated alkanes) is 1. The third-order valence-corrected chi connectivity index (χ3v) is 30.8. The van der Waals surface area contributed by atoms with Crippen LogP contribution < -0.4 is 21.6 Å². The number of nitrogens with one attached hydrogen (secondary N) is 4. The van der Waals surface area contributed by atoms with Gasteiger partial charge >= 0.3 is 12.2 Å². The molecule has 0 radical (unpaired) electrons. The predicted octanol–water partition coefficient (Wildman–Crippen LogP) is 19.4. The number of hydrogen-bond acceptors (Lipinski definition) is 18. The molecule has 9 rings (SSSR count). The number of nitrogens with zero attached hydrogens (tertiary/aromatic N) is 1. The molecule has 0 saturated heterocycles. The minimum Gasteiger partial charge on any atom is -0.446 e. The zero-order chi connectivity index (χ0) is 82.2. The van der Waals surface area contributed by atoms with E-state index in [0.29, 0.717) is 136 Å². The standard InChI is InChI=1S/C49H88N4O7.C44H80NO8P/c1-9-47(5,6)36-59-25-11-10-24-53-34-40(51-52-53)35-58-32-31-57-30-29-56-28-27-55-26-23-50-46(54)60-41-19-21-48(7)39(33-41)15-16-42-44-18-17-43(38(4)14-12-13-37(2)3)49(44,8)22-20-45(42)48;1-33(2)12-10-13-35(4)39-16-17-40-38-15-14-36-30-37(18-20-43(36,5)41(38)19-21-44(39,40)6)53-42(46)45-22-11-23-48-24-25-49-26-27-50-28-29-51-31-34(3)32-52-54(8,9)47-7/h15,34,37-38,41-45,51-52H,9-14,16-33,35-36H2,1-8H3,(H,50,54);14,33-35,37-41H,8,10-13,15-32H2,1-7,9H3,(H,45,46)/t38-,41+,42+,43-,44+,45+,48+,49-;34?,35-,37+,38?,39?,40?,41?,43+,44-,54?/m11/s1. The largest absolute Gasteiger partial charge is 0.446 e. The van der Waals surface area contributed by atoms with Gasteiger partial charge in [-0.15, -0.1) is 5.53 Å². The van der Waals surface area contributed by atoms with Gasteiger partial charge in [0.2, 0.25) is 0 Å². The molecule has 0 aromatic rings. The monoisotopic (exact) mass is 1630 g/mol. The molecule has 114 heavy (non-hydrogen) atoms. The van der Waals surface area contributed by atoms with E-state index in [2.05, 4.69) is 143 Å². The van der Waals surface area contributed by atoms with Gasteiger partial charge in [-0.1, -0.05) is 165 Å². The van der Waals surface area contributed by atoms with Gasteiger partial charge in [0.15, 0.2) is 0 Å². The minimum atomic E-state index is -1.95. The van der Waals surface area contributed by atoms with Crippen molar-refractivity contribution in [3.63, 3.8) is 0 Å². The number of ether oxygens (including phenoxy) is 11. The summed E-state index contributed by atoms with van der Waals surface area (Å²) in [4.78, 5) is 25.4. The first-order valence-electron chi connectivity index (χ1n) is 46.0. The van der Waals surface area contributed by atoms with Crippen LogP contribution in [0.15, 0.2) is 35.2 Å². The van der Waals surface area contributed by atoms with Crippen molar-refractivity contribution >= 4 is 25.8 Å². The smallest absolute Gasteiger partial charge is 0.407 e. The summed E-state index contributed by atoms with van der Waals surface area (Å²) in [6, 6.07) is 0. The molecule has 0 aromatic carbocycles. The topological polar surface area (TPSA) is 205 Å². The number of allylic oxidation sites excluding steroid dienone is 2. The van der Waals surface area contributed by atoms with Crippen molar-refractivity contribution in [1.29, 1.82) is 0 Å². The molecule has 0 spiro atoms. The Kier molecular flexibility index (Phi) is 41.3. The lowest BCUT2D eigenvalue weighted by atomic mass is 9.47. The summed E-state index contributed by atoms with van der Waals surface area (Å²) in [5.41, 5.74) is 12.3. The Hall–Kier alpha value is -2.82. The van der Waals surface area contributed by atoms with Crippen molar-refractivity contribution < 1.29 is 70.7 Å². The van der Waals surface area contributed by atoms with Crippen molar-refractivity contribution in [1.82, 2.24) is 26.6 Å². The average Bonchev–Trinajstić information content (AvgIpc) is 1.48. The van der Waals surface area contributed by atoms with Crippen molar-refractivity contribution in [3.8, 4) is 0 Å². The fourth-order valence-corrected chi connectivity index (χ4v) is 22.9. The molecule has 4 N–H and O–H groups in total. The predicted molar refractivity (Wildman–Crippen MR) is 461 cm³/mol. The summed E-state index contributed by atoms with van der Waals surface area (Å²) in [6.07, 6.45) is 42.4. The number of carbonyl (C=O) groups is 2. The quantitative estimate of drug-likeness (QED) is 0.0254. The fraction of sp³-hybridized carbons (Fsp3) is 0.903. The van der Waals surface area contributed by atoms with Crippen LogP contribution in [0.25, 0.3) is 0 Å². The number of fused-ring (bicyclic) bond motifs is 10. The van der Waals surface area contributed by atoms with Gasteiger partial charge in [-0.3, -0.25) is 5.01 Å². The van der Waals surface area contributed by atoms with Gasteiger partial charge in [-0.25, -0.2) is 9.59 Å². The maximum absolute atomic E-state index is 12.7. The first-order valence-corrected chi connectivity index (χ1v) is 48.3. The van der Waals surface area contributed by atoms with Crippen LogP contribution in [0.4, 0.5) is 9.59 Å². The number of amides is 2. The van der Waals surface area contributed by atoms with E-state index in [4.69, 9.17) is 61.2 Å². The van der Waals surface area contributed by atoms with Crippen molar-refractivity contribution in [3.05, 3.63) is 35.2 Å². The van der Waals surface area contributed by atoms with E-state index in [0.717, 1.165) is 161 Å². The molecule has 6 unspecified atom stereocenters. The van der Waals surface area contributed by atoms with Gasteiger partial charge in [-0.2, -0.15) is 0 Å². The lowest BCUT2D eigenvalue weighted by Gasteiger charge is -2.58. The van der Waals surface area contributed by atoms with Crippen molar-refractivity contribution in [2.45, 2.75) is 276 Å². The van der Waals surface area contributed by atoms with E-state index in [-0.39, 0.29) is 46.6 Å². The SMILES string of the molecule is C=P(C)(OC)OCC(C)COCCOCCOCCOCCCNC(=O)O[C@H]1CC[C@@]2(C)C(=CCC3C4CCC([C@H](C)CCCC(C)C)[C@@]4(C)CCC32)C1.CCC(C)(C)COCCCCN1C=C(COCCOCCOCCOCCNC(=O)O[C@H]2CC[C@@]3(C)C(=CC[C@H]4[C@@H]5CC[C@H]([C@H](C)CCCC(C)C)[C@@]5(C)CC[C@@H]43)C2)NN1. The van der Waals surface area contributed by atoms with Gasteiger partial charge in [0.25, 0.3) is 0 Å². The molecule has 6 saturated carbocycles. The number of rotatable bonds is 53. The summed E-state index contributed by atoms with van der Waals surface area (Å²) in [6.45, 7) is 48.0. The van der Waals surface area contributed by atoms with Crippen LogP contribution in [0.2, 0.25) is 0 Å².